The van der Waals surface area contributed by atoms with Crippen molar-refractivity contribution in [3.05, 3.63) is 23.8 Å². The Kier molecular flexibility index (Phi) is 2.73. The van der Waals surface area contributed by atoms with Crippen molar-refractivity contribution in [2.24, 2.45) is 0 Å². The molecule has 4 nitrogen and oxygen atoms in total. The number of aliphatic carboxylic acids is 1. The Hall–Kier alpha value is -1.71. The van der Waals surface area contributed by atoms with Crippen LogP contribution in [-0.2, 0) is 4.79 Å². The number of carboxylic acid groups (broad SMARTS) is 1. The van der Waals surface area contributed by atoms with Gasteiger partial charge in [-0.2, -0.15) is 0 Å². The Morgan fingerprint density at radius 3 is 2.94 bits per heavy atom. The summed E-state index contributed by atoms with van der Waals surface area (Å²) in [5.74, 6) is -0.575. The lowest BCUT2D eigenvalue weighted by atomic mass is 10.1. The third-order valence-corrected chi connectivity index (χ3v) is 3.12. The number of nitrogens with zero attached hydrogens (tertiary/aromatic N) is 1. The lowest BCUT2D eigenvalue weighted by Crippen LogP contribution is -2.36. The predicted octanol–water partition coefficient (Wildman–Crippen LogP) is 1.75. The van der Waals surface area contributed by atoms with Crippen molar-refractivity contribution in [3.8, 4) is 5.75 Å². The molecule has 1 fully saturated rings. The SMILES string of the molecule is Cc1c(O)cccc1N1CCCC1C(=O)O. The first-order valence-corrected chi connectivity index (χ1v) is 5.39. The standard InChI is InChI=1S/C12H15NO3/c1-8-9(4-2-6-11(8)14)13-7-3-5-10(13)12(15)16/h2,4,6,10,14H,3,5,7H2,1H3,(H,15,16). The van der Waals surface area contributed by atoms with Crippen LogP contribution in [0.4, 0.5) is 5.69 Å². The highest BCUT2D eigenvalue weighted by molar-refractivity contribution is 5.79. The van der Waals surface area contributed by atoms with Crippen molar-refractivity contribution in [1.82, 2.24) is 0 Å². The summed E-state index contributed by atoms with van der Waals surface area (Å²) in [6.07, 6.45) is 1.55. The van der Waals surface area contributed by atoms with Crippen LogP contribution in [0.2, 0.25) is 0 Å². The molecule has 1 saturated heterocycles. The second-order valence-corrected chi connectivity index (χ2v) is 4.11. The van der Waals surface area contributed by atoms with Gasteiger partial charge in [-0.05, 0) is 31.9 Å². The molecule has 4 heteroatoms. The molecular formula is C12H15NO3. The fraction of sp³-hybridized carbons (Fsp3) is 0.417. The van der Waals surface area contributed by atoms with E-state index in [1.165, 1.54) is 0 Å². The summed E-state index contributed by atoms with van der Waals surface area (Å²) in [6, 6.07) is 4.76. The molecule has 1 aromatic carbocycles. The molecule has 86 valence electrons. The van der Waals surface area contributed by atoms with Crippen molar-refractivity contribution in [1.29, 1.82) is 0 Å². The Morgan fingerprint density at radius 1 is 1.50 bits per heavy atom. The molecule has 0 saturated carbocycles. The maximum absolute atomic E-state index is 11.1. The fourth-order valence-electron chi connectivity index (χ4n) is 2.23. The number of aromatic hydroxyl groups is 1. The number of hydrogen-bond donors (Lipinski definition) is 2. The maximum Gasteiger partial charge on any atom is 0.326 e. The molecule has 16 heavy (non-hydrogen) atoms. The number of phenolic OH excluding ortho intramolecular Hbond substituents is 1. The molecule has 1 aromatic rings. The van der Waals surface area contributed by atoms with Gasteiger partial charge < -0.3 is 15.1 Å². The average molecular weight is 221 g/mol. The molecule has 0 bridgehead atoms. The zero-order chi connectivity index (χ0) is 11.7. The van der Waals surface area contributed by atoms with Crippen LogP contribution in [0.5, 0.6) is 5.75 Å². The smallest absolute Gasteiger partial charge is 0.326 e. The third kappa shape index (κ3) is 1.71. The van der Waals surface area contributed by atoms with Crippen LogP contribution in [0.3, 0.4) is 0 Å². The van der Waals surface area contributed by atoms with Gasteiger partial charge in [0.05, 0.1) is 0 Å². The van der Waals surface area contributed by atoms with Crippen LogP contribution in [0.1, 0.15) is 18.4 Å². The van der Waals surface area contributed by atoms with Crippen molar-refractivity contribution >= 4 is 11.7 Å². The molecule has 0 aliphatic carbocycles. The largest absolute Gasteiger partial charge is 0.508 e. The molecule has 1 atom stereocenters. The highest BCUT2D eigenvalue weighted by Crippen LogP contribution is 2.32. The van der Waals surface area contributed by atoms with E-state index in [9.17, 15) is 9.90 Å². The zero-order valence-corrected chi connectivity index (χ0v) is 9.18. The summed E-state index contributed by atoms with van der Waals surface area (Å²) in [5.41, 5.74) is 1.57. The lowest BCUT2D eigenvalue weighted by Gasteiger charge is -2.25. The van der Waals surface area contributed by atoms with Gasteiger partial charge >= 0.3 is 5.97 Å². The van der Waals surface area contributed by atoms with Gasteiger partial charge in [0.15, 0.2) is 0 Å². The van der Waals surface area contributed by atoms with Crippen molar-refractivity contribution < 1.29 is 15.0 Å². The Bertz CT molecular complexity index is 417. The Balaban J connectivity index is 2.36. The predicted molar refractivity (Wildman–Crippen MR) is 60.8 cm³/mol. The maximum atomic E-state index is 11.1. The van der Waals surface area contributed by atoms with Crippen LogP contribution >= 0.6 is 0 Å². The molecule has 0 amide bonds. The quantitative estimate of drug-likeness (QED) is 0.798. The van der Waals surface area contributed by atoms with Crippen LogP contribution in [-0.4, -0.2) is 28.8 Å². The van der Waals surface area contributed by atoms with Crippen molar-refractivity contribution in [2.75, 3.05) is 11.4 Å². The van der Waals surface area contributed by atoms with E-state index < -0.39 is 12.0 Å². The normalized spacial score (nSPS) is 20.1. The van der Waals surface area contributed by atoms with E-state index in [-0.39, 0.29) is 5.75 Å². The molecule has 2 rings (SSSR count). The van der Waals surface area contributed by atoms with Gasteiger partial charge in [0.2, 0.25) is 0 Å². The zero-order valence-electron chi connectivity index (χ0n) is 9.18. The van der Waals surface area contributed by atoms with Crippen LogP contribution in [0.15, 0.2) is 18.2 Å². The van der Waals surface area contributed by atoms with E-state index in [4.69, 9.17) is 5.11 Å². The molecule has 0 spiro atoms. The highest BCUT2D eigenvalue weighted by atomic mass is 16.4. The van der Waals surface area contributed by atoms with Crippen LogP contribution < -0.4 is 4.90 Å². The number of rotatable bonds is 2. The lowest BCUT2D eigenvalue weighted by molar-refractivity contribution is -0.138. The molecule has 0 aromatic heterocycles. The number of benzene rings is 1. The summed E-state index contributed by atoms with van der Waals surface area (Å²) in [7, 11) is 0. The second kappa shape index (κ2) is 4.04. The number of carbonyl (C=O) groups is 1. The first-order chi connectivity index (χ1) is 7.61. The Morgan fingerprint density at radius 2 is 2.25 bits per heavy atom. The van der Waals surface area contributed by atoms with E-state index in [0.29, 0.717) is 6.42 Å². The number of phenols is 1. The molecular weight excluding hydrogens is 206 g/mol. The minimum atomic E-state index is -0.791. The monoisotopic (exact) mass is 221 g/mol. The molecule has 0 radical (unpaired) electrons. The highest BCUT2D eigenvalue weighted by Gasteiger charge is 2.31. The van der Waals surface area contributed by atoms with E-state index in [2.05, 4.69) is 0 Å². The fourth-order valence-corrected chi connectivity index (χ4v) is 2.23. The summed E-state index contributed by atoms with van der Waals surface area (Å²) in [5, 5.41) is 18.7. The molecule has 2 N–H and O–H groups in total. The topological polar surface area (TPSA) is 60.8 Å². The number of carboxylic acids is 1. The summed E-state index contributed by atoms with van der Waals surface area (Å²) in [6.45, 7) is 2.54. The van der Waals surface area contributed by atoms with Gasteiger partial charge in [-0.25, -0.2) is 4.79 Å². The van der Waals surface area contributed by atoms with Gasteiger partial charge in [0.25, 0.3) is 0 Å². The molecule has 1 unspecified atom stereocenters. The second-order valence-electron chi connectivity index (χ2n) is 4.11. The van der Waals surface area contributed by atoms with Gasteiger partial charge in [0, 0.05) is 17.8 Å². The van der Waals surface area contributed by atoms with E-state index in [0.717, 1.165) is 24.2 Å². The van der Waals surface area contributed by atoms with Gasteiger partial charge in [-0.3, -0.25) is 0 Å². The van der Waals surface area contributed by atoms with Gasteiger partial charge in [0.1, 0.15) is 11.8 Å². The van der Waals surface area contributed by atoms with Crippen LogP contribution in [0.25, 0.3) is 0 Å². The molecule has 1 heterocycles. The minimum absolute atomic E-state index is 0.216. The van der Waals surface area contributed by atoms with Crippen LogP contribution in [0, 0.1) is 6.92 Å². The van der Waals surface area contributed by atoms with Gasteiger partial charge in [-0.1, -0.05) is 6.07 Å². The molecule has 1 aliphatic heterocycles. The number of hydrogen-bond acceptors (Lipinski definition) is 3. The number of anilines is 1. The Labute approximate surface area is 94.1 Å². The van der Waals surface area contributed by atoms with Crippen molar-refractivity contribution in [3.63, 3.8) is 0 Å². The summed E-state index contributed by atoms with van der Waals surface area (Å²) < 4.78 is 0. The van der Waals surface area contributed by atoms with E-state index >= 15 is 0 Å². The summed E-state index contributed by atoms with van der Waals surface area (Å²) in [4.78, 5) is 12.9. The first kappa shape index (κ1) is 10.8. The first-order valence-electron chi connectivity index (χ1n) is 5.39. The molecule has 1 aliphatic rings. The van der Waals surface area contributed by atoms with Crippen molar-refractivity contribution in [2.45, 2.75) is 25.8 Å². The summed E-state index contributed by atoms with van der Waals surface area (Å²) >= 11 is 0. The average Bonchev–Trinajstić information content (AvgIpc) is 2.70. The van der Waals surface area contributed by atoms with E-state index in [1.54, 1.807) is 12.1 Å². The minimum Gasteiger partial charge on any atom is -0.508 e. The van der Waals surface area contributed by atoms with E-state index in [1.807, 2.05) is 17.9 Å². The third-order valence-electron chi connectivity index (χ3n) is 3.12. The van der Waals surface area contributed by atoms with Gasteiger partial charge in [-0.15, -0.1) is 0 Å².